The van der Waals surface area contributed by atoms with Gasteiger partial charge in [-0.2, -0.15) is 0 Å². The van der Waals surface area contributed by atoms with Crippen LogP contribution < -0.4 is 10.0 Å². The van der Waals surface area contributed by atoms with Gasteiger partial charge in [-0.3, -0.25) is 4.79 Å². The number of nitrogens with zero attached hydrogens (tertiary/aromatic N) is 2. The zero-order valence-corrected chi connectivity index (χ0v) is 17.9. The first kappa shape index (κ1) is 22.4. The normalized spacial score (nSPS) is 12.7. The number of hydrogen-bond acceptors (Lipinski definition) is 4. The van der Waals surface area contributed by atoms with Crippen LogP contribution in [-0.2, 0) is 21.9 Å². The second-order valence-electron chi connectivity index (χ2n) is 7.03. The second-order valence-corrected chi connectivity index (χ2v) is 8.68. The average molecular weight is 443 g/mol. The Bertz CT molecular complexity index is 1190. The van der Waals surface area contributed by atoms with E-state index >= 15 is 0 Å². The molecule has 1 unspecified atom stereocenters. The van der Waals surface area contributed by atoms with Crippen LogP contribution in [-0.4, -0.2) is 30.4 Å². The number of benzene rings is 2. The quantitative estimate of drug-likeness (QED) is 0.561. The molecule has 162 valence electrons. The molecule has 7 nitrogen and oxygen atoms in total. The molecule has 1 amide bonds. The van der Waals surface area contributed by atoms with Crippen molar-refractivity contribution in [2.24, 2.45) is 7.05 Å². The van der Waals surface area contributed by atoms with E-state index in [0.29, 0.717) is 11.4 Å². The Kier molecular flexibility index (Phi) is 6.98. The first-order valence-corrected chi connectivity index (χ1v) is 11.0. The third-order valence-electron chi connectivity index (χ3n) is 4.55. The predicted molar refractivity (Wildman–Crippen MR) is 117 cm³/mol. The number of imidazole rings is 1. The topological polar surface area (TPSA) is 93.1 Å². The summed E-state index contributed by atoms with van der Waals surface area (Å²) in [5, 5.41) is 3.72. The number of rotatable bonds is 8. The third kappa shape index (κ3) is 6.34. The van der Waals surface area contributed by atoms with Crippen LogP contribution in [0.1, 0.15) is 28.6 Å². The fourth-order valence-corrected chi connectivity index (χ4v) is 3.68. The highest BCUT2D eigenvalue weighted by Crippen LogP contribution is 2.21. The van der Waals surface area contributed by atoms with Gasteiger partial charge in [0.1, 0.15) is 17.7 Å². The lowest BCUT2D eigenvalue weighted by Gasteiger charge is -2.19. The molecule has 0 bridgehead atoms. The van der Waals surface area contributed by atoms with Crippen molar-refractivity contribution in [1.29, 1.82) is 0 Å². The predicted octanol–water partition coefficient (Wildman–Crippen LogP) is 2.66. The van der Waals surface area contributed by atoms with E-state index < -0.39 is 34.3 Å². The molecule has 1 aromatic heterocycles. The molecular formula is C22H23FN4O3S. The lowest BCUT2D eigenvalue weighted by molar-refractivity contribution is -0.120. The zero-order valence-electron chi connectivity index (χ0n) is 17.1. The molecule has 3 aromatic rings. The highest BCUT2D eigenvalue weighted by molar-refractivity contribution is 7.92. The molecule has 3 rings (SSSR count). The maximum Gasteiger partial charge on any atom is 0.235 e. The molecule has 0 spiro atoms. The minimum absolute atomic E-state index is 0.451. The van der Waals surface area contributed by atoms with Gasteiger partial charge in [-0.05, 0) is 36.3 Å². The highest BCUT2D eigenvalue weighted by Gasteiger charge is 2.21. The van der Waals surface area contributed by atoms with Gasteiger partial charge in [-0.15, -0.1) is 0 Å². The molecule has 0 aliphatic heterocycles. The lowest BCUT2D eigenvalue weighted by atomic mass is 10.1. The molecular weight excluding hydrogens is 419 g/mol. The molecule has 0 aliphatic rings. The van der Waals surface area contributed by atoms with E-state index in [1.54, 1.807) is 42.2 Å². The van der Waals surface area contributed by atoms with Crippen molar-refractivity contribution in [2.75, 3.05) is 6.54 Å². The van der Waals surface area contributed by atoms with E-state index in [0.717, 1.165) is 16.5 Å². The standard InChI is InChI=1S/C22H23FN4O3S/c1-16-6-8-17(9-7-16)10-13-31(29,30)25-15-20(28)26-21(22-24-11-12-27(22)2)18-4-3-5-19(23)14-18/h3-14,21,25H,15H2,1-2H3,(H,26,28)/b13-10+. The summed E-state index contributed by atoms with van der Waals surface area (Å²) in [4.78, 5) is 16.7. The van der Waals surface area contributed by atoms with E-state index in [1.165, 1.54) is 24.3 Å². The first-order valence-electron chi connectivity index (χ1n) is 9.50. The Balaban J connectivity index is 1.68. The molecule has 31 heavy (non-hydrogen) atoms. The SMILES string of the molecule is Cc1ccc(/C=C/S(=O)(=O)NCC(=O)NC(c2cccc(F)c2)c2nccn2C)cc1. The molecule has 0 aliphatic carbocycles. The summed E-state index contributed by atoms with van der Waals surface area (Å²) in [5.74, 6) is -0.543. The highest BCUT2D eigenvalue weighted by atomic mass is 32.2. The molecule has 0 radical (unpaired) electrons. The number of halogens is 1. The van der Waals surface area contributed by atoms with Crippen LogP contribution in [0.25, 0.3) is 6.08 Å². The smallest absolute Gasteiger partial charge is 0.235 e. The van der Waals surface area contributed by atoms with E-state index in [2.05, 4.69) is 15.0 Å². The fraction of sp³-hybridized carbons (Fsp3) is 0.182. The summed E-state index contributed by atoms with van der Waals surface area (Å²) in [5.41, 5.74) is 2.28. The number of carbonyl (C=O) groups is 1. The molecule has 2 aromatic carbocycles. The van der Waals surface area contributed by atoms with Crippen LogP contribution >= 0.6 is 0 Å². The van der Waals surface area contributed by atoms with Crippen molar-refractivity contribution in [2.45, 2.75) is 13.0 Å². The Hall–Kier alpha value is -3.30. The van der Waals surface area contributed by atoms with Crippen molar-refractivity contribution >= 4 is 22.0 Å². The summed E-state index contributed by atoms with van der Waals surface area (Å²) in [6, 6.07) is 12.4. The van der Waals surface area contributed by atoms with Gasteiger partial charge < -0.3 is 9.88 Å². The van der Waals surface area contributed by atoms with Gasteiger partial charge in [0.15, 0.2) is 0 Å². The van der Waals surface area contributed by atoms with Crippen molar-refractivity contribution in [1.82, 2.24) is 19.6 Å². The minimum Gasteiger partial charge on any atom is -0.341 e. The molecule has 1 heterocycles. The van der Waals surface area contributed by atoms with Gasteiger partial charge in [0, 0.05) is 24.8 Å². The molecule has 0 saturated heterocycles. The van der Waals surface area contributed by atoms with E-state index in [1.807, 2.05) is 19.1 Å². The lowest BCUT2D eigenvalue weighted by Crippen LogP contribution is -2.39. The number of hydrogen-bond donors (Lipinski definition) is 2. The number of aromatic nitrogens is 2. The van der Waals surface area contributed by atoms with Crippen molar-refractivity contribution in [3.8, 4) is 0 Å². The van der Waals surface area contributed by atoms with Crippen molar-refractivity contribution in [3.05, 3.63) is 94.7 Å². The van der Waals surface area contributed by atoms with Crippen molar-refractivity contribution in [3.63, 3.8) is 0 Å². The Labute approximate surface area is 180 Å². The van der Waals surface area contributed by atoms with Crippen LogP contribution in [0, 0.1) is 12.7 Å². The Morgan fingerprint density at radius 1 is 1.23 bits per heavy atom. The van der Waals surface area contributed by atoms with E-state index in [9.17, 15) is 17.6 Å². The molecule has 0 fully saturated rings. The van der Waals surface area contributed by atoms with Crippen LogP contribution in [0.4, 0.5) is 4.39 Å². The number of carbonyl (C=O) groups excluding carboxylic acids is 1. The van der Waals surface area contributed by atoms with Crippen LogP contribution in [0.3, 0.4) is 0 Å². The molecule has 0 saturated carbocycles. The summed E-state index contributed by atoms with van der Waals surface area (Å²) in [6.07, 6.45) is 4.71. The van der Waals surface area contributed by atoms with Crippen molar-refractivity contribution < 1.29 is 17.6 Å². The summed E-state index contributed by atoms with van der Waals surface area (Å²) in [6.45, 7) is 1.46. The second kappa shape index (κ2) is 9.67. The minimum atomic E-state index is -3.83. The van der Waals surface area contributed by atoms with Gasteiger partial charge in [-0.25, -0.2) is 22.5 Å². The summed E-state index contributed by atoms with van der Waals surface area (Å²) < 4.78 is 42.1. The number of sulfonamides is 1. The maximum atomic E-state index is 13.7. The van der Waals surface area contributed by atoms with Gasteiger partial charge in [0.05, 0.1) is 6.54 Å². The van der Waals surface area contributed by atoms with Gasteiger partial charge in [-0.1, -0.05) is 42.0 Å². The largest absolute Gasteiger partial charge is 0.341 e. The third-order valence-corrected chi connectivity index (χ3v) is 5.60. The maximum absolute atomic E-state index is 13.7. The monoisotopic (exact) mass is 442 g/mol. The van der Waals surface area contributed by atoms with Crippen LogP contribution in [0.5, 0.6) is 0 Å². The zero-order chi connectivity index (χ0) is 22.4. The van der Waals surface area contributed by atoms with E-state index in [4.69, 9.17) is 0 Å². The van der Waals surface area contributed by atoms with Gasteiger partial charge >= 0.3 is 0 Å². The van der Waals surface area contributed by atoms with Crippen LogP contribution in [0.2, 0.25) is 0 Å². The Morgan fingerprint density at radius 3 is 2.61 bits per heavy atom. The summed E-state index contributed by atoms with van der Waals surface area (Å²) in [7, 11) is -2.08. The van der Waals surface area contributed by atoms with Crippen LogP contribution in [0.15, 0.2) is 66.3 Å². The molecule has 2 N–H and O–H groups in total. The first-order chi connectivity index (χ1) is 14.7. The fourth-order valence-electron chi connectivity index (χ4n) is 2.91. The van der Waals surface area contributed by atoms with Gasteiger partial charge in [0.2, 0.25) is 15.9 Å². The van der Waals surface area contributed by atoms with E-state index in [-0.39, 0.29) is 0 Å². The summed E-state index contributed by atoms with van der Waals surface area (Å²) >= 11 is 0. The average Bonchev–Trinajstić information content (AvgIpc) is 3.16. The molecule has 9 heteroatoms. The number of aryl methyl sites for hydroxylation is 2. The molecule has 1 atom stereocenters. The Morgan fingerprint density at radius 2 is 1.97 bits per heavy atom. The number of amides is 1. The number of nitrogens with one attached hydrogen (secondary N) is 2. The van der Waals surface area contributed by atoms with Gasteiger partial charge in [0.25, 0.3) is 0 Å².